The lowest BCUT2D eigenvalue weighted by molar-refractivity contribution is 0.547. The summed E-state index contributed by atoms with van der Waals surface area (Å²) in [4.78, 5) is 7.18. The van der Waals surface area contributed by atoms with Gasteiger partial charge in [-0.3, -0.25) is 4.31 Å². The molecule has 8 heteroatoms. The number of aromatic nitrogens is 2. The van der Waals surface area contributed by atoms with Crippen LogP contribution in [-0.4, -0.2) is 30.7 Å². The number of hydrogen-bond donors (Lipinski definition) is 2. The molecular formula is C15H19FN4O2S. The fraction of sp³-hybridized carbons (Fsp3) is 0.400. The van der Waals surface area contributed by atoms with Gasteiger partial charge in [-0.2, -0.15) is 0 Å². The van der Waals surface area contributed by atoms with Gasteiger partial charge in [0.25, 0.3) is 0 Å². The maximum Gasteiger partial charge on any atom is 0.235 e. The average Bonchev–Trinajstić information content (AvgIpc) is 3.14. The molecule has 1 aliphatic heterocycles. The lowest BCUT2D eigenvalue weighted by Crippen LogP contribution is -2.26. The third kappa shape index (κ3) is 3.37. The van der Waals surface area contributed by atoms with Crippen LogP contribution in [0.25, 0.3) is 0 Å². The van der Waals surface area contributed by atoms with Gasteiger partial charge in [0.15, 0.2) is 0 Å². The van der Waals surface area contributed by atoms with Crippen LogP contribution in [0.1, 0.15) is 30.8 Å². The van der Waals surface area contributed by atoms with Crippen LogP contribution in [0, 0.1) is 5.82 Å². The first-order valence-electron chi connectivity index (χ1n) is 7.49. The molecular weight excluding hydrogens is 319 g/mol. The molecule has 0 saturated carbocycles. The smallest absolute Gasteiger partial charge is 0.235 e. The van der Waals surface area contributed by atoms with E-state index < -0.39 is 15.8 Å². The molecule has 6 nitrogen and oxygen atoms in total. The molecule has 1 fully saturated rings. The molecule has 0 bridgehead atoms. The summed E-state index contributed by atoms with van der Waals surface area (Å²) in [7, 11) is -3.37. The second-order valence-corrected chi connectivity index (χ2v) is 7.62. The number of hydrogen-bond acceptors (Lipinski definition) is 4. The van der Waals surface area contributed by atoms with Crippen molar-refractivity contribution in [1.82, 2.24) is 15.3 Å². The fourth-order valence-electron chi connectivity index (χ4n) is 2.65. The Hall–Kier alpha value is -1.93. The van der Waals surface area contributed by atoms with Crippen LogP contribution in [-0.2, 0) is 16.6 Å². The average molecular weight is 338 g/mol. The Kier molecular flexibility index (Phi) is 4.36. The van der Waals surface area contributed by atoms with E-state index in [1.54, 1.807) is 18.5 Å². The molecule has 0 radical (unpaired) electrons. The van der Waals surface area contributed by atoms with Crippen molar-refractivity contribution in [2.45, 2.75) is 25.9 Å². The summed E-state index contributed by atoms with van der Waals surface area (Å²) in [6, 6.07) is 4.66. The molecule has 1 unspecified atom stereocenters. The number of nitrogens with zero attached hydrogens (tertiary/aromatic N) is 2. The van der Waals surface area contributed by atoms with Crippen LogP contribution in [0.15, 0.2) is 30.6 Å². The third-order valence-electron chi connectivity index (χ3n) is 3.92. The van der Waals surface area contributed by atoms with Crippen molar-refractivity contribution in [1.29, 1.82) is 0 Å². The predicted molar refractivity (Wildman–Crippen MR) is 86.0 cm³/mol. The van der Waals surface area contributed by atoms with Gasteiger partial charge < -0.3 is 10.3 Å². The summed E-state index contributed by atoms with van der Waals surface area (Å²) < 4.78 is 39.2. The number of benzene rings is 1. The predicted octanol–water partition coefficient (Wildman–Crippen LogP) is 1.94. The van der Waals surface area contributed by atoms with Crippen LogP contribution >= 0.6 is 0 Å². The van der Waals surface area contributed by atoms with Gasteiger partial charge in [0.1, 0.15) is 11.6 Å². The van der Waals surface area contributed by atoms with Crippen LogP contribution in [0.3, 0.4) is 0 Å². The van der Waals surface area contributed by atoms with Gasteiger partial charge in [-0.05, 0) is 31.0 Å². The van der Waals surface area contributed by atoms with Crippen molar-refractivity contribution in [3.8, 4) is 0 Å². The number of aromatic amines is 1. The zero-order chi connectivity index (χ0) is 16.4. The molecule has 1 aliphatic rings. The Bertz CT molecular complexity index is 777. The topological polar surface area (TPSA) is 78.1 Å². The molecule has 2 N–H and O–H groups in total. The maximum atomic E-state index is 14.3. The number of imidazole rings is 1. The standard InChI is InChI=1S/C15H19FN4O2S/c1-11(15-17-5-6-18-15)19-10-12-3-4-14(13(16)9-12)20-7-2-8-23(20,21)22/h3-6,9,11,19H,2,7-8,10H2,1H3,(H,17,18). The van der Waals surface area contributed by atoms with Gasteiger partial charge >= 0.3 is 0 Å². The maximum absolute atomic E-state index is 14.3. The Morgan fingerprint density at radius 1 is 1.48 bits per heavy atom. The molecule has 0 amide bonds. The molecule has 1 aromatic carbocycles. The minimum Gasteiger partial charge on any atom is -0.347 e. The first-order valence-corrected chi connectivity index (χ1v) is 9.10. The van der Waals surface area contributed by atoms with Crippen molar-refractivity contribution in [2.75, 3.05) is 16.6 Å². The molecule has 0 spiro atoms. The van der Waals surface area contributed by atoms with Gasteiger partial charge in [-0.1, -0.05) is 6.07 Å². The number of rotatable bonds is 5. The highest BCUT2D eigenvalue weighted by atomic mass is 32.2. The van der Waals surface area contributed by atoms with Gasteiger partial charge in [0, 0.05) is 25.5 Å². The number of nitrogens with one attached hydrogen (secondary N) is 2. The van der Waals surface area contributed by atoms with E-state index in [-0.39, 0.29) is 17.5 Å². The van der Waals surface area contributed by atoms with Crippen molar-refractivity contribution < 1.29 is 12.8 Å². The van der Waals surface area contributed by atoms with E-state index in [4.69, 9.17) is 0 Å². The van der Waals surface area contributed by atoms with Gasteiger partial charge in [-0.25, -0.2) is 17.8 Å². The van der Waals surface area contributed by atoms with E-state index in [1.165, 1.54) is 12.1 Å². The summed E-state index contributed by atoms with van der Waals surface area (Å²) in [5, 5.41) is 3.24. The van der Waals surface area contributed by atoms with Crippen LogP contribution in [0.4, 0.5) is 10.1 Å². The van der Waals surface area contributed by atoms with Crippen molar-refractivity contribution in [3.05, 3.63) is 47.8 Å². The van der Waals surface area contributed by atoms with E-state index >= 15 is 0 Å². The van der Waals surface area contributed by atoms with Gasteiger partial charge in [0.2, 0.25) is 10.0 Å². The van der Waals surface area contributed by atoms with Crippen LogP contribution in [0.5, 0.6) is 0 Å². The Morgan fingerprint density at radius 3 is 2.91 bits per heavy atom. The molecule has 1 aromatic heterocycles. The van der Waals surface area contributed by atoms with E-state index in [0.717, 1.165) is 15.7 Å². The number of sulfonamides is 1. The number of halogens is 1. The largest absolute Gasteiger partial charge is 0.347 e. The number of anilines is 1. The highest BCUT2D eigenvalue weighted by Crippen LogP contribution is 2.27. The Balaban J connectivity index is 1.70. The first kappa shape index (κ1) is 15.9. The molecule has 23 heavy (non-hydrogen) atoms. The van der Waals surface area contributed by atoms with Crippen LogP contribution < -0.4 is 9.62 Å². The summed E-state index contributed by atoms with van der Waals surface area (Å²) >= 11 is 0. The SMILES string of the molecule is CC(NCc1ccc(N2CCCS2(=O)=O)c(F)c1)c1ncc[nH]1. The number of H-pyrrole nitrogens is 1. The minimum atomic E-state index is -3.37. The monoisotopic (exact) mass is 338 g/mol. The van der Waals surface area contributed by atoms with Crippen LogP contribution in [0.2, 0.25) is 0 Å². The molecule has 2 aromatic rings. The summed E-state index contributed by atoms with van der Waals surface area (Å²) in [6.07, 6.45) is 3.96. The Labute approximate surface area is 134 Å². The summed E-state index contributed by atoms with van der Waals surface area (Å²) in [5.41, 5.74) is 0.881. The van der Waals surface area contributed by atoms with Crippen molar-refractivity contribution in [2.24, 2.45) is 0 Å². The highest BCUT2D eigenvalue weighted by molar-refractivity contribution is 7.93. The second kappa shape index (κ2) is 6.29. The lowest BCUT2D eigenvalue weighted by atomic mass is 10.1. The molecule has 1 saturated heterocycles. The van der Waals surface area contributed by atoms with E-state index in [0.29, 0.717) is 19.5 Å². The van der Waals surface area contributed by atoms with Gasteiger partial charge in [-0.15, -0.1) is 0 Å². The zero-order valence-corrected chi connectivity index (χ0v) is 13.6. The van der Waals surface area contributed by atoms with E-state index in [1.807, 2.05) is 6.92 Å². The zero-order valence-electron chi connectivity index (χ0n) is 12.8. The summed E-state index contributed by atoms with van der Waals surface area (Å²) in [6.45, 7) is 2.76. The first-order chi connectivity index (χ1) is 11.0. The van der Waals surface area contributed by atoms with Crippen molar-refractivity contribution >= 4 is 15.7 Å². The molecule has 124 valence electrons. The molecule has 2 heterocycles. The quantitative estimate of drug-likeness (QED) is 0.873. The van der Waals surface area contributed by atoms with E-state index in [2.05, 4.69) is 15.3 Å². The molecule has 1 atom stereocenters. The van der Waals surface area contributed by atoms with Crippen molar-refractivity contribution in [3.63, 3.8) is 0 Å². The minimum absolute atomic E-state index is 0.00620. The normalized spacial score (nSPS) is 18.3. The second-order valence-electron chi connectivity index (χ2n) is 5.60. The van der Waals surface area contributed by atoms with Gasteiger partial charge in [0.05, 0.1) is 17.5 Å². The highest BCUT2D eigenvalue weighted by Gasteiger charge is 2.30. The molecule has 3 rings (SSSR count). The van der Waals surface area contributed by atoms with E-state index in [9.17, 15) is 12.8 Å². The summed E-state index contributed by atoms with van der Waals surface area (Å²) in [5.74, 6) is 0.377. The third-order valence-corrected chi connectivity index (χ3v) is 5.78. The Morgan fingerprint density at radius 2 is 2.30 bits per heavy atom. The lowest BCUT2D eigenvalue weighted by Gasteiger charge is -2.18. The molecule has 0 aliphatic carbocycles. The fourth-order valence-corrected chi connectivity index (χ4v) is 4.22.